The Kier molecular flexibility index (Phi) is 5.70. The van der Waals surface area contributed by atoms with E-state index in [2.05, 4.69) is 20.6 Å². The van der Waals surface area contributed by atoms with Gasteiger partial charge in [0, 0.05) is 10.6 Å². The fraction of sp³-hybridized carbons (Fsp3) is 0.333. The molecule has 3 heterocycles. The standard InChI is InChI=1S/C21H23FN6O3S/c1-5-16-18(27-11-23-9-17(27)32-16)19(29)14-10-28(26-25-14)15-7-6-12(8-13(15)22)24-20(30)31-21(2,3)4/h6-11,19,29H,5H2,1-4H3,(H,24,30). The Labute approximate surface area is 187 Å². The van der Waals surface area contributed by atoms with Crippen LogP contribution >= 0.6 is 11.3 Å². The Bertz CT molecular complexity index is 1270. The minimum Gasteiger partial charge on any atom is -0.444 e. The number of nitrogens with zero attached hydrogens (tertiary/aromatic N) is 5. The number of hydrogen-bond donors (Lipinski definition) is 2. The molecule has 1 unspecified atom stereocenters. The summed E-state index contributed by atoms with van der Waals surface area (Å²) < 4.78 is 23.0. The van der Waals surface area contributed by atoms with E-state index in [-0.39, 0.29) is 17.1 Å². The number of imidazole rings is 1. The zero-order valence-corrected chi connectivity index (χ0v) is 18.9. The fourth-order valence-corrected chi connectivity index (χ4v) is 4.31. The number of anilines is 1. The van der Waals surface area contributed by atoms with E-state index in [1.54, 1.807) is 44.6 Å². The number of fused-ring (bicyclic) bond motifs is 1. The molecule has 0 aliphatic heterocycles. The average molecular weight is 459 g/mol. The summed E-state index contributed by atoms with van der Waals surface area (Å²) in [6, 6.07) is 4.16. The Morgan fingerprint density at radius 1 is 1.38 bits per heavy atom. The summed E-state index contributed by atoms with van der Waals surface area (Å²) >= 11 is 1.55. The lowest BCUT2D eigenvalue weighted by Gasteiger charge is -2.19. The van der Waals surface area contributed by atoms with E-state index >= 15 is 0 Å². The first kappa shape index (κ1) is 21.9. The predicted octanol–water partition coefficient (Wildman–Crippen LogP) is 4.11. The molecule has 0 saturated carbocycles. The molecule has 2 N–H and O–H groups in total. The molecule has 168 valence electrons. The van der Waals surface area contributed by atoms with E-state index in [0.717, 1.165) is 16.1 Å². The predicted molar refractivity (Wildman–Crippen MR) is 118 cm³/mol. The Morgan fingerprint density at radius 3 is 2.84 bits per heavy atom. The molecule has 0 aliphatic rings. The summed E-state index contributed by atoms with van der Waals surface area (Å²) in [5.74, 6) is -0.619. The molecule has 0 fully saturated rings. The number of amides is 1. The van der Waals surface area contributed by atoms with Gasteiger partial charge in [-0.2, -0.15) is 0 Å². The van der Waals surface area contributed by atoms with Gasteiger partial charge in [0.1, 0.15) is 34.2 Å². The molecule has 4 rings (SSSR count). The minimum absolute atomic E-state index is 0.125. The van der Waals surface area contributed by atoms with Crippen LogP contribution in [0.5, 0.6) is 0 Å². The van der Waals surface area contributed by atoms with Gasteiger partial charge < -0.3 is 9.84 Å². The van der Waals surface area contributed by atoms with Gasteiger partial charge >= 0.3 is 6.09 Å². The number of aliphatic hydroxyl groups excluding tert-OH is 1. The van der Waals surface area contributed by atoms with Crippen molar-refractivity contribution in [3.05, 3.63) is 59.0 Å². The van der Waals surface area contributed by atoms with Crippen molar-refractivity contribution in [3.63, 3.8) is 0 Å². The Morgan fingerprint density at radius 2 is 2.16 bits per heavy atom. The quantitative estimate of drug-likeness (QED) is 0.466. The monoisotopic (exact) mass is 458 g/mol. The topological polar surface area (TPSA) is 107 Å². The van der Waals surface area contributed by atoms with Crippen LogP contribution in [0, 0.1) is 5.82 Å². The van der Waals surface area contributed by atoms with Crippen molar-refractivity contribution in [3.8, 4) is 5.69 Å². The van der Waals surface area contributed by atoms with Crippen molar-refractivity contribution in [1.29, 1.82) is 0 Å². The second-order valence-corrected chi connectivity index (χ2v) is 9.26. The summed E-state index contributed by atoms with van der Waals surface area (Å²) in [5.41, 5.74) is 0.662. The van der Waals surface area contributed by atoms with Crippen LogP contribution in [0.2, 0.25) is 0 Å². The Balaban J connectivity index is 1.57. The first-order valence-electron chi connectivity index (χ1n) is 10.00. The molecule has 0 spiro atoms. The number of ether oxygens (including phenoxy) is 1. The SMILES string of the molecule is CCc1sc2cncn2c1C(O)c1cn(-c2ccc(NC(=O)OC(C)(C)C)cc2F)nn1. The van der Waals surface area contributed by atoms with Crippen molar-refractivity contribution >= 4 is 27.9 Å². The lowest BCUT2D eigenvalue weighted by atomic mass is 10.1. The molecule has 0 aliphatic carbocycles. The van der Waals surface area contributed by atoms with Gasteiger partial charge in [0.25, 0.3) is 0 Å². The molecule has 0 bridgehead atoms. The van der Waals surface area contributed by atoms with Crippen LogP contribution in [0.15, 0.2) is 36.9 Å². The van der Waals surface area contributed by atoms with Crippen LogP contribution < -0.4 is 5.32 Å². The van der Waals surface area contributed by atoms with E-state index < -0.39 is 23.6 Å². The second-order valence-electron chi connectivity index (χ2n) is 8.15. The first-order chi connectivity index (χ1) is 15.2. The van der Waals surface area contributed by atoms with Crippen LogP contribution in [-0.2, 0) is 11.2 Å². The highest BCUT2D eigenvalue weighted by Crippen LogP contribution is 2.31. The van der Waals surface area contributed by atoms with Gasteiger partial charge in [-0.05, 0) is 45.4 Å². The minimum atomic E-state index is -1.04. The van der Waals surface area contributed by atoms with E-state index in [4.69, 9.17) is 4.74 Å². The van der Waals surface area contributed by atoms with Crippen LogP contribution in [0.25, 0.3) is 10.5 Å². The van der Waals surface area contributed by atoms with Crippen molar-refractivity contribution in [2.24, 2.45) is 0 Å². The maximum Gasteiger partial charge on any atom is 0.412 e. The third kappa shape index (κ3) is 4.34. The number of thiazole rings is 1. The van der Waals surface area contributed by atoms with Gasteiger partial charge in [-0.1, -0.05) is 12.1 Å². The van der Waals surface area contributed by atoms with Crippen molar-refractivity contribution in [2.75, 3.05) is 5.32 Å². The van der Waals surface area contributed by atoms with E-state index in [9.17, 15) is 14.3 Å². The summed E-state index contributed by atoms with van der Waals surface area (Å²) in [7, 11) is 0. The molecular weight excluding hydrogens is 435 g/mol. The first-order valence-corrected chi connectivity index (χ1v) is 10.8. The molecule has 1 atom stereocenters. The number of halogens is 1. The normalized spacial score (nSPS) is 12.8. The highest BCUT2D eigenvalue weighted by atomic mass is 32.1. The molecule has 32 heavy (non-hydrogen) atoms. The fourth-order valence-electron chi connectivity index (χ4n) is 3.24. The smallest absolute Gasteiger partial charge is 0.412 e. The average Bonchev–Trinajstić information content (AvgIpc) is 3.41. The molecule has 11 heteroatoms. The summed E-state index contributed by atoms with van der Waals surface area (Å²) in [6.45, 7) is 7.23. The summed E-state index contributed by atoms with van der Waals surface area (Å²) in [5, 5.41) is 21.5. The number of hydrogen-bond acceptors (Lipinski definition) is 7. The number of carbonyl (C=O) groups excluding carboxylic acids is 1. The molecule has 0 saturated heterocycles. The summed E-state index contributed by atoms with van der Waals surface area (Å²) in [6.07, 6.45) is 3.88. The lowest BCUT2D eigenvalue weighted by Crippen LogP contribution is -2.27. The number of benzene rings is 1. The number of rotatable bonds is 5. The number of aliphatic hydroxyl groups is 1. The number of aryl methyl sites for hydroxylation is 1. The zero-order valence-electron chi connectivity index (χ0n) is 18.0. The maximum absolute atomic E-state index is 14.7. The van der Waals surface area contributed by atoms with Crippen LogP contribution in [0.3, 0.4) is 0 Å². The van der Waals surface area contributed by atoms with Crippen LogP contribution in [-0.4, -0.2) is 41.2 Å². The van der Waals surface area contributed by atoms with E-state index in [0.29, 0.717) is 5.69 Å². The molecule has 4 aromatic rings. The van der Waals surface area contributed by atoms with E-state index in [1.807, 2.05) is 11.3 Å². The van der Waals surface area contributed by atoms with Gasteiger partial charge in [-0.3, -0.25) is 9.72 Å². The molecule has 1 aromatic carbocycles. The van der Waals surface area contributed by atoms with Gasteiger partial charge in [0.05, 0.1) is 18.1 Å². The highest BCUT2D eigenvalue weighted by Gasteiger charge is 2.24. The molecular formula is C21H23FN6O3S. The second kappa shape index (κ2) is 8.32. The third-order valence-electron chi connectivity index (χ3n) is 4.59. The van der Waals surface area contributed by atoms with Gasteiger partial charge in [0.15, 0.2) is 5.82 Å². The Hall–Kier alpha value is -3.31. The van der Waals surface area contributed by atoms with Gasteiger partial charge in [-0.15, -0.1) is 16.4 Å². The third-order valence-corrected chi connectivity index (χ3v) is 5.84. The molecule has 3 aromatic heterocycles. The molecule has 9 nitrogen and oxygen atoms in total. The van der Waals surface area contributed by atoms with E-state index in [1.165, 1.54) is 29.1 Å². The summed E-state index contributed by atoms with van der Waals surface area (Å²) in [4.78, 5) is 17.9. The largest absolute Gasteiger partial charge is 0.444 e. The van der Waals surface area contributed by atoms with Gasteiger partial charge in [-0.25, -0.2) is 18.9 Å². The van der Waals surface area contributed by atoms with Crippen molar-refractivity contribution in [2.45, 2.75) is 45.8 Å². The van der Waals surface area contributed by atoms with Crippen molar-refractivity contribution in [1.82, 2.24) is 24.4 Å². The lowest BCUT2D eigenvalue weighted by molar-refractivity contribution is 0.0636. The molecule has 0 radical (unpaired) electrons. The number of carbonyl (C=O) groups is 1. The van der Waals surface area contributed by atoms with Crippen LogP contribution in [0.4, 0.5) is 14.9 Å². The highest BCUT2D eigenvalue weighted by molar-refractivity contribution is 7.17. The number of aromatic nitrogens is 5. The number of nitrogens with one attached hydrogen (secondary N) is 1. The molecule has 1 amide bonds. The van der Waals surface area contributed by atoms with Gasteiger partial charge in [0.2, 0.25) is 0 Å². The van der Waals surface area contributed by atoms with Crippen LogP contribution in [0.1, 0.15) is 50.1 Å². The van der Waals surface area contributed by atoms with Crippen molar-refractivity contribution < 1.29 is 19.0 Å². The maximum atomic E-state index is 14.7. The zero-order chi connectivity index (χ0) is 23.0.